The average Bonchev–Trinajstić information content (AvgIpc) is 3.20. The predicted octanol–water partition coefficient (Wildman–Crippen LogP) is 5.06. The SMILES string of the molecule is CCC[C@@H](NC(=O)OCC1c2ccccc2-c2ccccc21)C(=O)N(C)c1ccccc1C(=O)O. The highest BCUT2D eigenvalue weighted by Gasteiger charge is 2.30. The van der Waals surface area contributed by atoms with Crippen molar-refractivity contribution in [3.8, 4) is 11.1 Å². The topological polar surface area (TPSA) is 95.9 Å². The van der Waals surface area contributed by atoms with Gasteiger partial charge in [0.1, 0.15) is 12.6 Å². The fraction of sp³-hybridized carbons (Fsp3) is 0.250. The lowest BCUT2D eigenvalue weighted by atomic mass is 9.98. The Hall–Kier alpha value is -4.13. The van der Waals surface area contributed by atoms with E-state index in [0.717, 1.165) is 22.3 Å². The molecule has 3 aromatic rings. The summed E-state index contributed by atoms with van der Waals surface area (Å²) in [6.07, 6.45) is 0.357. The standard InChI is InChI=1S/C28H28N2O5/c1-3-10-24(26(31)30(2)25-16-9-8-15-22(25)27(32)33)29-28(34)35-17-23-20-13-6-4-11-18(20)19-12-5-7-14-21(19)23/h4-9,11-16,23-24H,3,10,17H2,1-2H3,(H,29,34)(H,32,33)/t24-/m1/s1. The minimum Gasteiger partial charge on any atom is -0.478 e. The molecular formula is C28H28N2O5. The third-order valence-corrected chi connectivity index (χ3v) is 6.34. The fourth-order valence-electron chi connectivity index (χ4n) is 4.63. The van der Waals surface area contributed by atoms with Crippen molar-refractivity contribution in [2.24, 2.45) is 0 Å². The number of aromatic carboxylic acids is 1. The first-order valence-electron chi connectivity index (χ1n) is 11.6. The average molecular weight is 473 g/mol. The molecule has 180 valence electrons. The Morgan fingerprint density at radius 2 is 1.51 bits per heavy atom. The van der Waals surface area contributed by atoms with Crippen molar-refractivity contribution in [3.63, 3.8) is 0 Å². The van der Waals surface area contributed by atoms with Gasteiger partial charge in [0.25, 0.3) is 0 Å². The number of alkyl carbamates (subject to hydrolysis) is 1. The molecule has 0 saturated heterocycles. The molecule has 7 heteroatoms. The summed E-state index contributed by atoms with van der Waals surface area (Å²) in [6, 6.07) is 21.6. The van der Waals surface area contributed by atoms with Crippen molar-refractivity contribution in [2.75, 3.05) is 18.6 Å². The quantitative estimate of drug-likeness (QED) is 0.478. The number of carbonyl (C=O) groups is 3. The summed E-state index contributed by atoms with van der Waals surface area (Å²) in [5.74, 6) is -1.62. The first-order chi connectivity index (χ1) is 16.9. The number of amides is 2. The number of para-hydroxylation sites is 1. The molecule has 7 nitrogen and oxygen atoms in total. The fourth-order valence-corrected chi connectivity index (χ4v) is 4.63. The van der Waals surface area contributed by atoms with Gasteiger partial charge < -0.3 is 20.1 Å². The lowest BCUT2D eigenvalue weighted by Crippen LogP contribution is -2.48. The van der Waals surface area contributed by atoms with E-state index in [9.17, 15) is 19.5 Å². The number of ether oxygens (including phenoxy) is 1. The van der Waals surface area contributed by atoms with Crippen LogP contribution in [0.15, 0.2) is 72.8 Å². The Labute approximate surface area is 204 Å². The number of benzene rings is 3. The molecule has 2 N–H and O–H groups in total. The molecule has 0 spiro atoms. The number of nitrogens with one attached hydrogen (secondary N) is 1. The van der Waals surface area contributed by atoms with Gasteiger partial charge >= 0.3 is 12.1 Å². The zero-order valence-corrected chi connectivity index (χ0v) is 19.7. The Bertz CT molecular complexity index is 1210. The highest BCUT2D eigenvalue weighted by molar-refractivity contribution is 6.04. The summed E-state index contributed by atoms with van der Waals surface area (Å²) in [4.78, 5) is 38.8. The zero-order valence-electron chi connectivity index (χ0n) is 19.7. The predicted molar refractivity (Wildman–Crippen MR) is 134 cm³/mol. The van der Waals surface area contributed by atoms with Crippen LogP contribution in [0.25, 0.3) is 11.1 Å². The van der Waals surface area contributed by atoms with Crippen molar-refractivity contribution in [1.82, 2.24) is 5.32 Å². The van der Waals surface area contributed by atoms with E-state index in [4.69, 9.17) is 4.74 Å². The van der Waals surface area contributed by atoms with E-state index in [1.807, 2.05) is 43.3 Å². The van der Waals surface area contributed by atoms with E-state index in [0.29, 0.717) is 12.8 Å². The van der Waals surface area contributed by atoms with Crippen LogP contribution < -0.4 is 10.2 Å². The molecule has 0 aliphatic heterocycles. The van der Waals surface area contributed by atoms with Crippen LogP contribution in [0, 0.1) is 0 Å². The molecule has 35 heavy (non-hydrogen) atoms. The molecule has 1 atom stereocenters. The monoisotopic (exact) mass is 472 g/mol. The van der Waals surface area contributed by atoms with Crippen LogP contribution >= 0.6 is 0 Å². The Morgan fingerprint density at radius 1 is 0.943 bits per heavy atom. The molecule has 0 unspecified atom stereocenters. The van der Waals surface area contributed by atoms with E-state index in [1.165, 1.54) is 18.0 Å². The molecule has 1 aliphatic rings. The maximum atomic E-state index is 13.2. The van der Waals surface area contributed by atoms with E-state index in [-0.39, 0.29) is 23.8 Å². The summed E-state index contributed by atoms with van der Waals surface area (Å²) in [6.45, 7) is 2.05. The van der Waals surface area contributed by atoms with Gasteiger partial charge in [-0.05, 0) is 40.8 Å². The van der Waals surface area contributed by atoms with Gasteiger partial charge in [0.15, 0.2) is 0 Å². The van der Waals surface area contributed by atoms with Crippen LogP contribution in [0.5, 0.6) is 0 Å². The van der Waals surface area contributed by atoms with Crippen LogP contribution in [-0.4, -0.2) is 42.8 Å². The second-order valence-electron chi connectivity index (χ2n) is 8.53. The summed E-state index contributed by atoms with van der Waals surface area (Å²) in [5.41, 5.74) is 4.75. The maximum Gasteiger partial charge on any atom is 0.407 e. The number of anilines is 1. The van der Waals surface area contributed by atoms with Gasteiger partial charge in [-0.25, -0.2) is 9.59 Å². The third-order valence-electron chi connectivity index (χ3n) is 6.34. The molecule has 4 rings (SSSR count). The van der Waals surface area contributed by atoms with Gasteiger partial charge in [-0.2, -0.15) is 0 Å². The van der Waals surface area contributed by atoms with Gasteiger partial charge in [0.2, 0.25) is 5.91 Å². The zero-order chi connectivity index (χ0) is 24.9. The number of hydrogen-bond donors (Lipinski definition) is 2. The van der Waals surface area contributed by atoms with Crippen LogP contribution in [-0.2, 0) is 9.53 Å². The molecular weight excluding hydrogens is 444 g/mol. The number of carbonyl (C=O) groups excluding carboxylic acids is 2. The number of hydrogen-bond acceptors (Lipinski definition) is 4. The molecule has 0 saturated carbocycles. The van der Waals surface area contributed by atoms with Crippen LogP contribution in [0.1, 0.15) is 47.2 Å². The number of fused-ring (bicyclic) bond motifs is 3. The van der Waals surface area contributed by atoms with Crippen molar-refractivity contribution < 1.29 is 24.2 Å². The summed E-state index contributed by atoms with van der Waals surface area (Å²) in [5, 5.41) is 12.2. The first-order valence-corrected chi connectivity index (χ1v) is 11.6. The van der Waals surface area contributed by atoms with Crippen molar-refractivity contribution in [1.29, 1.82) is 0 Å². The summed E-state index contributed by atoms with van der Waals surface area (Å²) < 4.78 is 5.60. The highest BCUT2D eigenvalue weighted by Crippen LogP contribution is 2.44. The summed E-state index contributed by atoms with van der Waals surface area (Å²) >= 11 is 0. The van der Waals surface area contributed by atoms with Crippen molar-refractivity contribution in [3.05, 3.63) is 89.5 Å². The van der Waals surface area contributed by atoms with E-state index >= 15 is 0 Å². The van der Waals surface area contributed by atoms with E-state index in [2.05, 4.69) is 17.4 Å². The van der Waals surface area contributed by atoms with Gasteiger partial charge in [-0.1, -0.05) is 74.0 Å². The van der Waals surface area contributed by atoms with Crippen LogP contribution in [0.4, 0.5) is 10.5 Å². The Morgan fingerprint density at radius 3 is 2.11 bits per heavy atom. The number of likely N-dealkylation sites (N-methyl/N-ethyl adjacent to an activating group) is 1. The lowest BCUT2D eigenvalue weighted by molar-refractivity contribution is -0.120. The normalized spacial score (nSPS) is 12.9. The van der Waals surface area contributed by atoms with Crippen molar-refractivity contribution in [2.45, 2.75) is 31.7 Å². The molecule has 0 aromatic heterocycles. The second kappa shape index (κ2) is 10.4. The van der Waals surface area contributed by atoms with Crippen LogP contribution in [0.2, 0.25) is 0 Å². The summed E-state index contributed by atoms with van der Waals surface area (Å²) in [7, 11) is 1.51. The van der Waals surface area contributed by atoms with Gasteiger partial charge in [-0.3, -0.25) is 4.79 Å². The minimum absolute atomic E-state index is 0.0136. The van der Waals surface area contributed by atoms with Crippen molar-refractivity contribution >= 4 is 23.7 Å². The number of nitrogens with zero attached hydrogens (tertiary/aromatic N) is 1. The third kappa shape index (κ3) is 4.89. The van der Waals surface area contributed by atoms with Gasteiger partial charge in [-0.15, -0.1) is 0 Å². The van der Waals surface area contributed by atoms with Crippen LogP contribution in [0.3, 0.4) is 0 Å². The van der Waals surface area contributed by atoms with E-state index < -0.39 is 24.0 Å². The lowest BCUT2D eigenvalue weighted by Gasteiger charge is -2.25. The highest BCUT2D eigenvalue weighted by atomic mass is 16.5. The smallest absolute Gasteiger partial charge is 0.407 e. The Balaban J connectivity index is 1.46. The molecule has 2 amide bonds. The molecule has 0 heterocycles. The molecule has 0 bridgehead atoms. The molecule has 3 aromatic carbocycles. The van der Waals surface area contributed by atoms with E-state index in [1.54, 1.807) is 18.2 Å². The second-order valence-corrected chi connectivity index (χ2v) is 8.53. The number of rotatable bonds is 8. The van der Waals surface area contributed by atoms with Gasteiger partial charge in [0, 0.05) is 13.0 Å². The number of carboxylic acid groups (broad SMARTS) is 1. The minimum atomic E-state index is -1.13. The largest absolute Gasteiger partial charge is 0.478 e. The molecule has 1 aliphatic carbocycles. The number of carboxylic acids is 1. The molecule has 0 radical (unpaired) electrons. The first kappa shape index (κ1) is 24.0. The maximum absolute atomic E-state index is 13.2. The Kier molecular flexibility index (Phi) is 7.15. The molecule has 0 fully saturated rings. The van der Waals surface area contributed by atoms with Gasteiger partial charge in [0.05, 0.1) is 11.3 Å².